The van der Waals surface area contributed by atoms with E-state index in [1.165, 1.54) is 49.3 Å². The first-order valence-corrected chi connectivity index (χ1v) is 10.2. The molecule has 0 aliphatic carbocycles. The summed E-state index contributed by atoms with van der Waals surface area (Å²) in [4.78, 5) is 0. The van der Waals surface area contributed by atoms with Crippen molar-refractivity contribution in [1.29, 1.82) is 0 Å². The minimum atomic E-state index is 0.348. The number of aryl methyl sites for hydroxylation is 2. The van der Waals surface area contributed by atoms with E-state index >= 15 is 0 Å². The summed E-state index contributed by atoms with van der Waals surface area (Å²) in [6, 6.07) is 29.2. The van der Waals surface area contributed by atoms with Gasteiger partial charge in [-0.25, -0.2) is 0 Å². The quantitative estimate of drug-likeness (QED) is 0.314. The highest BCUT2D eigenvalue weighted by Crippen LogP contribution is 2.35. The molecule has 28 heavy (non-hydrogen) atoms. The molecule has 0 N–H and O–H groups in total. The molecule has 1 aromatic heterocycles. The van der Waals surface area contributed by atoms with Crippen molar-refractivity contribution in [2.45, 2.75) is 33.2 Å². The molecule has 1 nitrogen and oxygen atoms in total. The second-order valence-electron chi connectivity index (χ2n) is 7.83. The first-order valence-electron chi connectivity index (χ1n) is 10.2. The summed E-state index contributed by atoms with van der Waals surface area (Å²) >= 11 is 0. The van der Waals surface area contributed by atoms with E-state index in [-0.39, 0.29) is 0 Å². The van der Waals surface area contributed by atoms with Crippen molar-refractivity contribution in [3.05, 3.63) is 95.6 Å². The second kappa shape index (κ2) is 6.53. The topological polar surface area (TPSA) is 4.93 Å². The van der Waals surface area contributed by atoms with Crippen molar-refractivity contribution < 1.29 is 0 Å². The second-order valence-corrected chi connectivity index (χ2v) is 7.83. The van der Waals surface area contributed by atoms with Crippen molar-refractivity contribution in [3.8, 4) is 0 Å². The van der Waals surface area contributed by atoms with Crippen molar-refractivity contribution in [3.63, 3.8) is 0 Å². The summed E-state index contributed by atoms with van der Waals surface area (Å²) in [5.41, 5.74) is 6.75. The van der Waals surface area contributed by atoms with E-state index in [1.54, 1.807) is 0 Å². The predicted molar refractivity (Wildman–Crippen MR) is 121 cm³/mol. The smallest absolute Gasteiger partial charge is 0.0491 e. The first-order chi connectivity index (χ1) is 13.7. The number of hydrogen-bond acceptors (Lipinski definition) is 0. The third kappa shape index (κ3) is 2.54. The van der Waals surface area contributed by atoms with Gasteiger partial charge < -0.3 is 4.57 Å². The molecule has 5 rings (SSSR count). The van der Waals surface area contributed by atoms with Gasteiger partial charge in [0.05, 0.1) is 0 Å². The maximum atomic E-state index is 2.43. The zero-order valence-electron chi connectivity index (χ0n) is 16.7. The Labute approximate surface area is 166 Å². The largest absolute Gasteiger partial charge is 0.341 e. The van der Waals surface area contributed by atoms with Gasteiger partial charge in [0.25, 0.3) is 0 Å². The van der Waals surface area contributed by atoms with Crippen LogP contribution in [0.1, 0.15) is 36.5 Å². The Morgan fingerprint density at radius 3 is 2.29 bits per heavy atom. The van der Waals surface area contributed by atoms with Gasteiger partial charge in [-0.1, -0.05) is 67.1 Å². The van der Waals surface area contributed by atoms with Crippen LogP contribution in [-0.4, -0.2) is 4.57 Å². The SMILES string of the molecule is CCn1c2ccc(C)cc2c2cc(C(C)c3cccc4ccccc34)ccc21. The van der Waals surface area contributed by atoms with Crippen molar-refractivity contribution >= 4 is 32.6 Å². The van der Waals surface area contributed by atoms with Gasteiger partial charge >= 0.3 is 0 Å². The van der Waals surface area contributed by atoms with E-state index in [1.807, 2.05) is 0 Å². The van der Waals surface area contributed by atoms with Crippen LogP contribution in [0.4, 0.5) is 0 Å². The van der Waals surface area contributed by atoms with Crippen LogP contribution >= 0.6 is 0 Å². The third-order valence-corrected chi connectivity index (χ3v) is 6.15. The van der Waals surface area contributed by atoms with Crippen LogP contribution in [0.5, 0.6) is 0 Å². The molecule has 5 aromatic rings. The molecule has 0 saturated heterocycles. The van der Waals surface area contributed by atoms with Gasteiger partial charge in [0.1, 0.15) is 0 Å². The lowest BCUT2D eigenvalue weighted by Crippen LogP contribution is -1.98. The minimum Gasteiger partial charge on any atom is -0.341 e. The van der Waals surface area contributed by atoms with Gasteiger partial charge in [0.15, 0.2) is 0 Å². The highest BCUT2D eigenvalue weighted by molar-refractivity contribution is 6.08. The molecular formula is C27H25N. The number of fused-ring (bicyclic) bond motifs is 4. The van der Waals surface area contributed by atoms with E-state index < -0.39 is 0 Å². The Balaban J connectivity index is 1.73. The Hall–Kier alpha value is -3.06. The van der Waals surface area contributed by atoms with Gasteiger partial charge in [0.2, 0.25) is 0 Å². The molecule has 0 bridgehead atoms. The lowest BCUT2D eigenvalue weighted by atomic mass is 9.88. The zero-order chi connectivity index (χ0) is 19.3. The van der Waals surface area contributed by atoms with E-state index in [4.69, 9.17) is 0 Å². The fourth-order valence-corrected chi connectivity index (χ4v) is 4.65. The van der Waals surface area contributed by atoms with Crippen molar-refractivity contribution in [1.82, 2.24) is 4.57 Å². The molecule has 1 heteroatoms. The molecule has 1 atom stereocenters. The summed E-state index contributed by atoms with van der Waals surface area (Å²) in [7, 11) is 0. The molecule has 1 heterocycles. The average molecular weight is 364 g/mol. The summed E-state index contributed by atoms with van der Waals surface area (Å²) in [5.74, 6) is 0.348. The first kappa shape index (κ1) is 17.1. The highest BCUT2D eigenvalue weighted by Gasteiger charge is 2.15. The van der Waals surface area contributed by atoms with Crippen LogP contribution in [-0.2, 0) is 6.54 Å². The Morgan fingerprint density at radius 2 is 1.46 bits per heavy atom. The molecule has 138 valence electrons. The monoisotopic (exact) mass is 363 g/mol. The fraction of sp³-hybridized carbons (Fsp3) is 0.185. The molecule has 0 radical (unpaired) electrons. The molecule has 0 aliphatic heterocycles. The van der Waals surface area contributed by atoms with E-state index in [2.05, 4.69) is 104 Å². The molecule has 0 fully saturated rings. The highest BCUT2D eigenvalue weighted by atomic mass is 15.0. The van der Waals surface area contributed by atoms with Crippen LogP contribution < -0.4 is 0 Å². The van der Waals surface area contributed by atoms with E-state index in [9.17, 15) is 0 Å². The molecule has 0 aliphatic rings. The van der Waals surface area contributed by atoms with Crippen LogP contribution in [0.15, 0.2) is 78.9 Å². The van der Waals surface area contributed by atoms with Crippen molar-refractivity contribution in [2.75, 3.05) is 0 Å². The van der Waals surface area contributed by atoms with Gasteiger partial charge in [0, 0.05) is 34.3 Å². The molecule has 4 aromatic carbocycles. The summed E-state index contributed by atoms with van der Waals surface area (Å²) in [6.45, 7) is 7.72. The zero-order valence-corrected chi connectivity index (χ0v) is 16.7. The third-order valence-electron chi connectivity index (χ3n) is 6.15. The Kier molecular flexibility index (Phi) is 3.98. The standard InChI is InChI=1S/C27H25N/c1-4-28-26-14-12-18(2)16-24(26)25-17-21(13-15-27(25)28)19(3)22-11-7-9-20-8-5-6-10-23(20)22/h5-17,19H,4H2,1-3H3. The predicted octanol–water partition coefficient (Wildman–Crippen LogP) is 7.43. The number of benzene rings is 4. The van der Waals surface area contributed by atoms with Gasteiger partial charge in [-0.3, -0.25) is 0 Å². The fourth-order valence-electron chi connectivity index (χ4n) is 4.65. The number of rotatable bonds is 3. The van der Waals surface area contributed by atoms with Crippen molar-refractivity contribution in [2.24, 2.45) is 0 Å². The number of aromatic nitrogens is 1. The summed E-state index contributed by atoms with van der Waals surface area (Å²) < 4.78 is 2.43. The van der Waals surface area contributed by atoms with Gasteiger partial charge in [-0.2, -0.15) is 0 Å². The molecule has 0 spiro atoms. The van der Waals surface area contributed by atoms with Crippen LogP contribution in [0.25, 0.3) is 32.6 Å². The average Bonchev–Trinajstić information content (AvgIpc) is 3.05. The number of hydrogen-bond donors (Lipinski definition) is 0. The Morgan fingerprint density at radius 1 is 0.750 bits per heavy atom. The molecule has 0 amide bonds. The van der Waals surface area contributed by atoms with Gasteiger partial charge in [-0.05, 0) is 60.0 Å². The lowest BCUT2D eigenvalue weighted by molar-refractivity contribution is 0.826. The van der Waals surface area contributed by atoms with Gasteiger partial charge in [-0.15, -0.1) is 0 Å². The van der Waals surface area contributed by atoms with Crippen LogP contribution in [0.3, 0.4) is 0 Å². The lowest BCUT2D eigenvalue weighted by Gasteiger charge is -2.16. The maximum Gasteiger partial charge on any atom is 0.0491 e. The van der Waals surface area contributed by atoms with E-state index in [0.29, 0.717) is 5.92 Å². The minimum absolute atomic E-state index is 0.348. The number of nitrogens with zero attached hydrogens (tertiary/aromatic N) is 1. The molecular weight excluding hydrogens is 338 g/mol. The molecule has 0 saturated carbocycles. The molecule has 1 unspecified atom stereocenters. The van der Waals surface area contributed by atoms with Crippen LogP contribution in [0, 0.1) is 6.92 Å². The normalized spacial score (nSPS) is 12.8. The summed E-state index contributed by atoms with van der Waals surface area (Å²) in [6.07, 6.45) is 0. The maximum absolute atomic E-state index is 2.43. The Bertz CT molecular complexity index is 1320. The van der Waals surface area contributed by atoms with E-state index in [0.717, 1.165) is 6.54 Å². The van der Waals surface area contributed by atoms with Crippen LogP contribution in [0.2, 0.25) is 0 Å². The summed E-state index contributed by atoms with van der Waals surface area (Å²) in [5, 5.41) is 5.39.